The van der Waals surface area contributed by atoms with E-state index in [4.69, 9.17) is 11.6 Å². The van der Waals surface area contributed by atoms with Gasteiger partial charge in [0.25, 0.3) is 0 Å². The van der Waals surface area contributed by atoms with Crippen molar-refractivity contribution in [2.75, 3.05) is 30.4 Å². The normalized spacial score (nSPS) is 14.7. The predicted octanol–water partition coefficient (Wildman–Crippen LogP) is 4.38. The quantitative estimate of drug-likeness (QED) is 0.199. The van der Waals surface area contributed by atoms with E-state index in [9.17, 15) is 0 Å². The molecule has 0 aliphatic carbocycles. The summed E-state index contributed by atoms with van der Waals surface area (Å²) in [5.74, 6) is 0.612. The van der Waals surface area contributed by atoms with E-state index < -0.39 is 0 Å². The first-order chi connectivity index (χ1) is 15.7. The summed E-state index contributed by atoms with van der Waals surface area (Å²) in [5, 5.41) is 4.81. The van der Waals surface area contributed by atoms with Crippen molar-refractivity contribution < 1.29 is 4.57 Å². The van der Waals surface area contributed by atoms with Crippen molar-refractivity contribution in [2.45, 2.75) is 26.8 Å². The summed E-state index contributed by atoms with van der Waals surface area (Å²) in [4.78, 5) is 2.49. The van der Waals surface area contributed by atoms with Crippen molar-refractivity contribution >= 4 is 53.7 Å². The van der Waals surface area contributed by atoms with Crippen LogP contribution in [0.2, 0.25) is 0 Å². The number of rotatable bonds is 9. The summed E-state index contributed by atoms with van der Waals surface area (Å²) in [6.45, 7) is 8.25. The van der Waals surface area contributed by atoms with Gasteiger partial charge >= 0.3 is 203 Å². The first kappa shape index (κ1) is 23.1. The molecule has 3 aromatic rings. The molecule has 5 heteroatoms. The van der Waals surface area contributed by atoms with E-state index >= 15 is 0 Å². The molecule has 0 fully saturated rings. The van der Waals surface area contributed by atoms with E-state index in [1.165, 1.54) is 43.2 Å². The molecule has 1 aliphatic heterocycles. The van der Waals surface area contributed by atoms with E-state index in [2.05, 4.69) is 102 Å². The third kappa shape index (κ3) is 5.27. The van der Waals surface area contributed by atoms with Crippen molar-refractivity contribution in [3.63, 3.8) is 0 Å². The summed E-state index contributed by atoms with van der Waals surface area (Å²) in [6.07, 6.45) is 10.1. The summed E-state index contributed by atoms with van der Waals surface area (Å²) in [5.41, 5.74) is 5.11. The Morgan fingerprint density at radius 1 is 1.12 bits per heavy atom. The maximum atomic E-state index is 6.03. The molecule has 1 aromatic heterocycles. The van der Waals surface area contributed by atoms with Gasteiger partial charge in [-0.25, -0.2) is 0 Å². The number of hydrogen-bond acceptors (Lipinski definition) is 2. The Balaban J connectivity index is 1.59. The molecule has 0 bridgehead atoms. The molecule has 2 aromatic carbocycles. The van der Waals surface area contributed by atoms with E-state index in [1.807, 2.05) is 0 Å². The van der Waals surface area contributed by atoms with Gasteiger partial charge in [0.1, 0.15) is 0 Å². The molecule has 32 heavy (non-hydrogen) atoms. The number of aryl methyl sites for hydroxylation is 2. The van der Waals surface area contributed by atoms with Crippen molar-refractivity contribution in [2.24, 2.45) is 0 Å². The van der Waals surface area contributed by atoms with Gasteiger partial charge in [-0.2, -0.15) is 0 Å². The van der Waals surface area contributed by atoms with Crippen molar-refractivity contribution in [1.82, 2.24) is 5.32 Å². The second-order valence-corrected chi connectivity index (χ2v) is 10.6. The van der Waals surface area contributed by atoms with Crippen LogP contribution in [0.15, 0.2) is 71.5 Å². The molecule has 4 rings (SSSR count). The van der Waals surface area contributed by atoms with Crippen LogP contribution in [-0.4, -0.2) is 40.5 Å². The van der Waals surface area contributed by atoms with Crippen LogP contribution in [0, 0.1) is 6.92 Å². The summed E-state index contributed by atoms with van der Waals surface area (Å²) >= 11 is 6.37. The number of nitrogens with one attached hydrogen (secondary N) is 1. The van der Waals surface area contributed by atoms with Crippen LogP contribution in [-0.2, 0) is 6.54 Å². The predicted molar refractivity (Wildman–Crippen MR) is 139 cm³/mol. The maximum absolute atomic E-state index is 6.03. The Bertz CT molecular complexity index is 1140. The van der Waals surface area contributed by atoms with Gasteiger partial charge in [-0.3, -0.25) is 0 Å². The molecule has 0 atom stereocenters. The number of alkyl halides is 1. The van der Waals surface area contributed by atoms with Crippen molar-refractivity contribution in [3.8, 4) is 0 Å². The fourth-order valence-electron chi connectivity index (χ4n) is 4.03. The first-order valence-electron chi connectivity index (χ1n) is 11.3. The molecule has 0 saturated carbocycles. The van der Waals surface area contributed by atoms with Crippen LogP contribution in [0.3, 0.4) is 0 Å². The van der Waals surface area contributed by atoms with Crippen LogP contribution >= 0.6 is 11.6 Å². The average Bonchev–Trinajstić information content (AvgIpc) is 3.15. The average molecular weight is 512 g/mol. The van der Waals surface area contributed by atoms with Gasteiger partial charge in [0.15, 0.2) is 0 Å². The van der Waals surface area contributed by atoms with Crippen LogP contribution in [0.25, 0.3) is 17.0 Å². The fourth-order valence-corrected chi connectivity index (χ4v) is 6.52. The van der Waals surface area contributed by atoms with Gasteiger partial charge in [-0.1, -0.05) is 0 Å². The molecule has 1 N–H and O–H groups in total. The second-order valence-electron chi connectivity index (χ2n) is 8.01. The van der Waals surface area contributed by atoms with E-state index in [1.54, 1.807) is 0 Å². The second kappa shape index (κ2) is 11.2. The SMILES string of the molecule is CCCNCCN1C(=CC=Cc2cc[n+](CCCl)c3cc(C)ccc23)[Se]c2ccccc21. The zero-order valence-electron chi connectivity index (χ0n) is 18.9. The van der Waals surface area contributed by atoms with E-state index in [0.717, 1.165) is 26.2 Å². The van der Waals surface area contributed by atoms with Crippen LogP contribution in [0.4, 0.5) is 5.69 Å². The van der Waals surface area contributed by atoms with Gasteiger partial charge in [0.2, 0.25) is 0 Å². The Morgan fingerprint density at radius 3 is 2.84 bits per heavy atom. The molecular weight excluding hydrogens is 481 g/mol. The Hall–Kier alpha value is -2.10. The van der Waals surface area contributed by atoms with Gasteiger partial charge in [-0.05, 0) is 0 Å². The number of hydrogen-bond donors (Lipinski definition) is 1. The minimum absolute atomic E-state index is 0.338. The molecule has 0 saturated heterocycles. The number of pyridine rings is 1. The number of fused-ring (bicyclic) bond motifs is 2. The van der Waals surface area contributed by atoms with Crippen molar-refractivity contribution in [3.05, 3.63) is 82.6 Å². The molecule has 0 spiro atoms. The molecule has 1 aliphatic rings. The van der Waals surface area contributed by atoms with Crippen LogP contribution in [0.5, 0.6) is 0 Å². The van der Waals surface area contributed by atoms with E-state index in [-0.39, 0.29) is 0 Å². The molecule has 2 heterocycles. The van der Waals surface area contributed by atoms with Gasteiger partial charge in [0.05, 0.1) is 0 Å². The number of anilines is 1. The number of aromatic nitrogens is 1. The third-order valence-corrected chi connectivity index (χ3v) is 8.16. The number of benzene rings is 2. The first-order valence-corrected chi connectivity index (χ1v) is 13.6. The monoisotopic (exact) mass is 512 g/mol. The zero-order valence-corrected chi connectivity index (χ0v) is 21.3. The minimum atomic E-state index is 0.338. The van der Waals surface area contributed by atoms with Crippen LogP contribution in [0.1, 0.15) is 24.5 Å². The van der Waals surface area contributed by atoms with E-state index in [0.29, 0.717) is 20.8 Å². The molecule has 0 amide bonds. The number of nitrogens with zero attached hydrogens (tertiary/aromatic N) is 2. The topological polar surface area (TPSA) is 19.1 Å². The summed E-state index contributed by atoms with van der Waals surface area (Å²) < 4.78 is 5.13. The molecule has 166 valence electrons. The molecular formula is C27H31ClN3Se+. The standard InChI is InChI=1S/C27H31ClN3Se/c1-3-15-29-16-19-31-24-8-4-5-9-26(24)32-27(31)10-6-7-22-13-17-30(18-14-28)25-20-21(2)11-12-23(22)25/h4-13,17,20,29H,3,14-16,18-19H2,1-2H3/q+1. The zero-order chi connectivity index (χ0) is 22.3. The Morgan fingerprint density at radius 2 is 2.00 bits per heavy atom. The van der Waals surface area contributed by atoms with Gasteiger partial charge in [-0.15, -0.1) is 0 Å². The van der Waals surface area contributed by atoms with Gasteiger partial charge < -0.3 is 0 Å². The molecule has 0 radical (unpaired) electrons. The number of halogens is 1. The third-order valence-electron chi connectivity index (χ3n) is 5.62. The molecule has 0 unspecified atom stereocenters. The summed E-state index contributed by atoms with van der Waals surface area (Å²) in [7, 11) is 0. The Kier molecular flexibility index (Phi) is 8.04. The fraction of sp³-hybridized carbons (Fsp3) is 0.296. The Labute approximate surface area is 202 Å². The number of allylic oxidation sites excluding steroid dienone is 2. The van der Waals surface area contributed by atoms with Crippen molar-refractivity contribution in [1.29, 1.82) is 0 Å². The summed E-state index contributed by atoms with van der Waals surface area (Å²) in [6, 6.07) is 17.7. The number of para-hydroxylation sites is 1. The van der Waals surface area contributed by atoms with Crippen LogP contribution < -0.4 is 19.2 Å². The molecule has 3 nitrogen and oxygen atoms in total. The van der Waals surface area contributed by atoms with Gasteiger partial charge in [0, 0.05) is 0 Å².